The zero-order chi connectivity index (χ0) is 14.3. The Morgan fingerprint density at radius 3 is 2.79 bits per heavy atom. The highest BCUT2D eigenvalue weighted by Crippen LogP contribution is 2.19. The van der Waals surface area contributed by atoms with Gasteiger partial charge in [-0.15, -0.1) is 10.2 Å². The summed E-state index contributed by atoms with van der Waals surface area (Å²) in [7, 11) is 0. The molecule has 0 spiro atoms. The molecule has 2 N–H and O–H groups in total. The van der Waals surface area contributed by atoms with Crippen molar-refractivity contribution in [3.63, 3.8) is 0 Å². The first kappa shape index (κ1) is 16.0. The van der Waals surface area contributed by atoms with Gasteiger partial charge in [0.25, 0.3) is 5.22 Å². The summed E-state index contributed by atoms with van der Waals surface area (Å²) < 4.78 is 10.2. The van der Waals surface area contributed by atoms with E-state index >= 15 is 0 Å². The number of aryl methyl sites for hydroxylation is 1. The van der Waals surface area contributed by atoms with Crippen molar-refractivity contribution < 1.29 is 13.9 Å². The normalized spacial score (nSPS) is 14.1. The first-order valence-electron chi connectivity index (χ1n) is 6.34. The number of unbranched alkanes of at least 4 members (excludes halogenated alkanes) is 1. The fourth-order valence-corrected chi connectivity index (χ4v) is 2.29. The van der Waals surface area contributed by atoms with Crippen LogP contribution in [0.3, 0.4) is 0 Å². The summed E-state index contributed by atoms with van der Waals surface area (Å²) in [4.78, 5) is 11.6. The zero-order valence-corrected chi connectivity index (χ0v) is 12.5. The van der Waals surface area contributed by atoms with Gasteiger partial charge in [0.15, 0.2) is 0 Å². The monoisotopic (exact) mass is 287 g/mol. The fourth-order valence-electron chi connectivity index (χ4n) is 1.49. The van der Waals surface area contributed by atoms with E-state index in [0.717, 1.165) is 18.6 Å². The summed E-state index contributed by atoms with van der Waals surface area (Å²) in [6.45, 7) is 5.60. The van der Waals surface area contributed by atoms with Crippen LogP contribution < -0.4 is 5.73 Å². The summed E-state index contributed by atoms with van der Waals surface area (Å²) in [5, 5.41) is 8.22. The van der Waals surface area contributed by atoms with Crippen molar-refractivity contribution in [3.05, 3.63) is 5.89 Å². The molecule has 0 amide bonds. The first-order chi connectivity index (χ1) is 8.95. The van der Waals surface area contributed by atoms with Crippen LogP contribution >= 0.6 is 11.8 Å². The number of aromatic nitrogens is 2. The van der Waals surface area contributed by atoms with Crippen LogP contribution in [-0.4, -0.2) is 34.1 Å². The molecule has 1 atom stereocenters. The lowest BCUT2D eigenvalue weighted by atomic mass is 9.96. The Balaban J connectivity index is 2.18. The Hall–Kier alpha value is -1.08. The van der Waals surface area contributed by atoms with Gasteiger partial charge in [-0.2, -0.15) is 0 Å². The van der Waals surface area contributed by atoms with Crippen molar-refractivity contribution in [2.45, 2.75) is 50.8 Å². The molecular formula is C12H21N3O3S. The lowest BCUT2D eigenvalue weighted by Gasteiger charge is -2.21. The van der Waals surface area contributed by atoms with Crippen molar-refractivity contribution >= 4 is 17.7 Å². The van der Waals surface area contributed by atoms with Gasteiger partial charge in [-0.25, -0.2) is 0 Å². The topological polar surface area (TPSA) is 91.2 Å². The Labute approximate surface area is 117 Å². The molecule has 1 aromatic heterocycles. The van der Waals surface area contributed by atoms with Crippen molar-refractivity contribution in [2.24, 2.45) is 5.73 Å². The van der Waals surface area contributed by atoms with Gasteiger partial charge < -0.3 is 14.9 Å². The molecule has 0 fully saturated rings. The number of esters is 1. The minimum absolute atomic E-state index is 0.338. The van der Waals surface area contributed by atoms with Gasteiger partial charge in [0, 0.05) is 12.7 Å². The Morgan fingerprint density at radius 2 is 2.21 bits per heavy atom. The molecule has 0 aliphatic heterocycles. The molecule has 1 heterocycles. The SMILES string of the molecule is CCOC(=O)C(C)(N)CCCCSc1nnc(C)o1. The van der Waals surface area contributed by atoms with Gasteiger partial charge in [0.2, 0.25) is 5.89 Å². The molecule has 0 aromatic carbocycles. The van der Waals surface area contributed by atoms with Gasteiger partial charge >= 0.3 is 5.97 Å². The fraction of sp³-hybridized carbons (Fsp3) is 0.750. The van der Waals surface area contributed by atoms with Crippen LogP contribution in [0.5, 0.6) is 0 Å². The summed E-state index contributed by atoms with van der Waals surface area (Å²) in [6, 6.07) is 0. The number of thioether (sulfide) groups is 1. The van der Waals surface area contributed by atoms with E-state index in [1.807, 2.05) is 0 Å². The molecule has 1 rings (SSSR count). The van der Waals surface area contributed by atoms with Crippen molar-refractivity contribution in [2.75, 3.05) is 12.4 Å². The third kappa shape index (κ3) is 5.61. The molecule has 6 nitrogen and oxygen atoms in total. The van der Waals surface area contributed by atoms with E-state index in [2.05, 4.69) is 10.2 Å². The van der Waals surface area contributed by atoms with E-state index in [1.165, 1.54) is 11.8 Å². The first-order valence-corrected chi connectivity index (χ1v) is 7.33. The van der Waals surface area contributed by atoms with Crippen LogP contribution in [0.2, 0.25) is 0 Å². The average Bonchev–Trinajstić information content (AvgIpc) is 2.75. The molecule has 1 unspecified atom stereocenters. The number of carbonyl (C=O) groups is 1. The van der Waals surface area contributed by atoms with E-state index in [4.69, 9.17) is 14.9 Å². The summed E-state index contributed by atoms with van der Waals surface area (Å²) in [5.41, 5.74) is 5.02. The maximum atomic E-state index is 11.6. The van der Waals surface area contributed by atoms with Crippen LogP contribution in [0, 0.1) is 6.92 Å². The minimum atomic E-state index is -0.901. The van der Waals surface area contributed by atoms with E-state index in [-0.39, 0.29) is 5.97 Å². The Bertz CT molecular complexity index is 407. The largest absolute Gasteiger partial charge is 0.465 e. The molecule has 0 aliphatic rings. The Morgan fingerprint density at radius 1 is 1.47 bits per heavy atom. The van der Waals surface area contributed by atoms with E-state index in [9.17, 15) is 4.79 Å². The summed E-state index contributed by atoms with van der Waals surface area (Å²) in [6.07, 6.45) is 2.39. The molecule has 0 radical (unpaired) electrons. The van der Waals surface area contributed by atoms with E-state index < -0.39 is 5.54 Å². The number of nitrogens with zero attached hydrogens (tertiary/aromatic N) is 2. The zero-order valence-electron chi connectivity index (χ0n) is 11.6. The third-order valence-electron chi connectivity index (χ3n) is 2.57. The molecular weight excluding hydrogens is 266 g/mol. The van der Waals surface area contributed by atoms with Crippen LogP contribution in [-0.2, 0) is 9.53 Å². The average molecular weight is 287 g/mol. The van der Waals surface area contributed by atoms with Crippen molar-refractivity contribution in [1.82, 2.24) is 10.2 Å². The Kier molecular flexibility index (Phi) is 6.30. The molecule has 0 bridgehead atoms. The molecule has 0 aliphatic carbocycles. The van der Waals surface area contributed by atoms with Crippen molar-refractivity contribution in [3.8, 4) is 0 Å². The van der Waals surface area contributed by atoms with Crippen LogP contribution in [0.25, 0.3) is 0 Å². The standard InChI is InChI=1S/C12H21N3O3S/c1-4-17-10(16)12(3,13)7-5-6-8-19-11-15-14-9(2)18-11/h4-8,13H2,1-3H3. The predicted octanol–water partition coefficient (Wildman–Crippen LogP) is 1.92. The highest BCUT2D eigenvalue weighted by atomic mass is 32.2. The maximum absolute atomic E-state index is 11.6. The summed E-state index contributed by atoms with van der Waals surface area (Å²) >= 11 is 1.51. The number of carbonyl (C=O) groups excluding carboxylic acids is 1. The molecule has 108 valence electrons. The number of nitrogens with two attached hydrogens (primary N) is 1. The molecule has 0 saturated carbocycles. The maximum Gasteiger partial charge on any atom is 0.325 e. The van der Waals surface area contributed by atoms with Gasteiger partial charge in [-0.1, -0.05) is 18.2 Å². The number of rotatable bonds is 8. The number of hydrogen-bond acceptors (Lipinski definition) is 7. The molecule has 1 aromatic rings. The van der Waals surface area contributed by atoms with E-state index in [0.29, 0.717) is 24.1 Å². The van der Waals surface area contributed by atoms with Gasteiger partial charge in [0.05, 0.1) is 6.61 Å². The minimum Gasteiger partial charge on any atom is -0.465 e. The molecule has 7 heteroatoms. The van der Waals surface area contributed by atoms with Crippen LogP contribution in [0.15, 0.2) is 9.64 Å². The molecule has 19 heavy (non-hydrogen) atoms. The molecule has 0 saturated heterocycles. The van der Waals surface area contributed by atoms with Gasteiger partial charge in [-0.05, 0) is 26.7 Å². The third-order valence-corrected chi connectivity index (χ3v) is 3.47. The predicted molar refractivity (Wildman–Crippen MR) is 72.8 cm³/mol. The second kappa shape index (κ2) is 7.49. The summed E-state index contributed by atoms with van der Waals surface area (Å²) in [5.74, 6) is 1.09. The number of hydrogen-bond donors (Lipinski definition) is 1. The van der Waals surface area contributed by atoms with E-state index in [1.54, 1.807) is 20.8 Å². The lowest BCUT2D eigenvalue weighted by Crippen LogP contribution is -2.46. The quantitative estimate of drug-likeness (QED) is 0.443. The van der Waals surface area contributed by atoms with Gasteiger partial charge in [-0.3, -0.25) is 4.79 Å². The highest BCUT2D eigenvalue weighted by Gasteiger charge is 2.28. The van der Waals surface area contributed by atoms with Gasteiger partial charge in [0.1, 0.15) is 5.54 Å². The highest BCUT2D eigenvalue weighted by molar-refractivity contribution is 7.99. The number of ether oxygens (including phenoxy) is 1. The lowest BCUT2D eigenvalue weighted by molar-refractivity contribution is -0.149. The second-order valence-corrected chi connectivity index (χ2v) is 5.58. The smallest absolute Gasteiger partial charge is 0.325 e. The van der Waals surface area contributed by atoms with Crippen LogP contribution in [0.4, 0.5) is 0 Å². The van der Waals surface area contributed by atoms with Crippen molar-refractivity contribution in [1.29, 1.82) is 0 Å². The second-order valence-electron chi connectivity index (χ2n) is 4.53. The van der Waals surface area contributed by atoms with Crippen LogP contribution in [0.1, 0.15) is 39.0 Å².